The lowest BCUT2D eigenvalue weighted by Gasteiger charge is -2.27. The van der Waals surface area contributed by atoms with E-state index >= 15 is 0 Å². The number of hydrogen-bond acceptors (Lipinski definition) is 7. The molecule has 0 saturated carbocycles. The van der Waals surface area contributed by atoms with E-state index in [1.165, 1.54) is 13.2 Å². The molecule has 2 heterocycles. The lowest BCUT2D eigenvalue weighted by atomic mass is 10.1. The molecule has 1 fully saturated rings. The van der Waals surface area contributed by atoms with Crippen molar-refractivity contribution >= 4 is 37.5 Å². The first kappa shape index (κ1) is 21.5. The number of halogens is 1. The Hall–Kier alpha value is -2.69. The molecule has 10 heteroatoms. The number of nitrogens with zero attached hydrogens (tertiary/aromatic N) is 3. The van der Waals surface area contributed by atoms with Crippen molar-refractivity contribution in [3.8, 4) is 17.0 Å². The van der Waals surface area contributed by atoms with Gasteiger partial charge in [0, 0.05) is 28.8 Å². The Kier molecular flexibility index (Phi) is 6.40. The first-order valence-electron chi connectivity index (χ1n) is 9.59. The van der Waals surface area contributed by atoms with Crippen molar-refractivity contribution in [3.63, 3.8) is 0 Å². The minimum absolute atomic E-state index is 0.0458. The first-order chi connectivity index (χ1) is 15.0. The number of benzene rings is 2. The number of rotatable bonds is 6. The fourth-order valence-corrected chi connectivity index (χ4v) is 5.01. The number of anilines is 2. The summed E-state index contributed by atoms with van der Waals surface area (Å²) < 4.78 is 39.7. The molecule has 2 aromatic carbocycles. The molecule has 3 aromatic rings. The van der Waals surface area contributed by atoms with Crippen molar-refractivity contribution in [2.45, 2.75) is 4.90 Å². The smallest absolute Gasteiger partial charge is 0.265 e. The van der Waals surface area contributed by atoms with Gasteiger partial charge in [0.15, 0.2) is 5.82 Å². The largest absolute Gasteiger partial charge is 0.495 e. The molecule has 31 heavy (non-hydrogen) atoms. The highest BCUT2D eigenvalue weighted by Crippen LogP contribution is 2.30. The molecular formula is C21H21BrN4O4S. The Morgan fingerprint density at radius 3 is 2.58 bits per heavy atom. The quantitative estimate of drug-likeness (QED) is 0.548. The highest BCUT2D eigenvalue weighted by Gasteiger charge is 2.20. The first-order valence-corrected chi connectivity index (χ1v) is 11.9. The standard InChI is InChI=1S/C21H21BrN4O4S/c1-29-19-7-5-16(22)14-20(19)31(27,28)25-17-4-2-3-15(13-17)18-6-8-21(24-23-18)26-9-11-30-12-10-26/h2-8,13-14,25H,9-12H2,1H3. The molecule has 8 nitrogen and oxygen atoms in total. The number of methoxy groups -OCH3 is 1. The fourth-order valence-electron chi connectivity index (χ4n) is 3.25. The molecule has 0 atom stereocenters. The van der Waals surface area contributed by atoms with Crippen LogP contribution in [0.5, 0.6) is 5.75 Å². The highest BCUT2D eigenvalue weighted by molar-refractivity contribution is 9.10. The van der Waals surface area contributed by atoms with Crippen LogP contribution in [0.15, 0.2) is 64.0 Å². The average Bonchev–Trinajstić information content (AvgIpc) is 2.80. The van der Waals surface area contributed by atoms with E-state index in [4.69, 9.17) is 9.47 Å². The zero-order valence-corrected chi connectivity index (χ0v) is 19.2. The molecule has 0 spiro atoms. The Balaban J connectivity index is 1.57. The van der Waals surface area contributed by atoms with E-state index in [9.17, 15) is 8.42 Å². The van der Waals surface area contributed by atoms with E-state index in [1.807, 2.05) is 18.2 Å². The maximum Gasteiger partial charge on any atom is 0.265 e. The van der Waals surface area contributed by atoms with Crippen LogP contribution in [0.25, 0.3) is 11.3 Å². The predicted molar refractivity (Wildman–Crippen MR) is 122 cm³/mol. The topological polar surface area (TPSA) is 93.7 Å². The summed E-state index contributed by atoms with van der Waals surface area (Å²) in [5.74, 6) is 1.06. The van der Waals surface area contributed by atoms with E-state index in [1.54, 1.807) is 30.3 Å². The normalized spacial score (nSPS) is 14.3. The third kappa shape index (κ3) is 4.97. The zero-order chi connectivity index (χ0) is 21.8. The third-order valence-electron chi connectivity index (χ3n) is 4.81. The molecule has 1 aromatic heterocycles. The van der Waals surface area contributed by atoms with E-state index in [0.717, 1.165) is 24.5 Å². The molecule has 162 valence electrons. The third-order valence-corrected chi connectivity index (χ3v) is 6.71. The number of morpholine rings is 1. The van der Waals surface area contributed by atoms with Crippen LogP contribution in [0.3, 0.4) is 0 Å². The summed E-state index contributed by atoms with van der Waals surface area (Å²) in [5, 5.41) is 8.65. The number of hydrogen-bond donors (Lipinski definition) is 1. The summed E-state index contributed by atoms with van der Waals surface area (Å²) in [7, 11) is -2.43. The van der Waals surface area contributed by atoms with Crippen LogP contribution in [0.1, 0.15) is 0 Å². The molecule has 0 bridgehead atoms. The summed E-state index contributed by atoms with van der Waals surface area (Å²) in [5.41, 5.74) is 1.82. The summed E-state index contributed by atoms with van der Waals surface area (Å²) in [4.78, 5) is 2.17. The molecule has 4 rings (SSSR count). The monoisotopic (exact) mass is 504 g/mol. The molecule has 0 radical (unpaired) electrons. The summed E-state index contributed by atoms with van der Waals surface area (Å²) >= 11 is 3.31. The average molecular weight is 505 g/mol. The van der Waals surface area contributed by atoms with E-state index in [2.05, 4.69) is 35.7 Å². The maximum absolute atomic E-state index is 12.9. The van der Waals surface area contributed by atoms with Crippen molar-refractivity contribution in [2.24, 2.45) is 0 Å². The SMILES string of the molecule is COc1ccc(Br)cc1S(=O)(=O)Nc1cccc(-c2ccc(N3CCOCC3)nn2)c1. The highest BCUT2D eigenvalue weighted by atomic mass is 79.9. The van der Waals surface area contributed by atoms with Gasteiger partial charge in [0.05, 0.1) is 26.0 Å². The Morgan fingerprint density at radius 2 is 1.87 bits per heavy atom. The lowest BCUT2D eigenvalue weighted by Crippen LogP contribution is -2.36. The molecule has 1 saturated heterocycles. The molecule has 1 aliphatic heterocycles. The van der Waals surface area contributed by atoms with Gasteiger partial charge >= 0.3 is 0 Å². The molecule has 0 aliphatic carbocycles. The maximum atomic E-state index is 12.9. The van der Waals surface area contributed by atoms with Crippen molar-refractivity contribution in [1.82, 2.24) is 10.2 Å². The van der Waals surface area contributed by atoms with Crippen molar-refractivity contribution in [2.75, 3.05) is 43.0 Å². The van der Waals surface area contributed by atoms with Crippen molar-refractivity contribution in [3.05, 3.63) is 59.1 Å². The summed E-state index contributed by atoms with van der Waals surface area (Å²) in [6, 6.07) is 15.6. The molecule has 0 amide bonds. The number of sulfonamides is 1. The summed E-state index contributed by atoms with van der Waals surface area (Å²) in [6.45, 7) is 2.91. The van der Waals surface area contributed by atoms with E-state index in [-0.39, 0.29) is 10.6 Å². The van der Waals surface area contributed by atoms with Crippen LogP contribution in [-0.4, -0.2) is 52.0 Å². The Bertz CT molecular complexity index is 1170. The van der Waals surface area contributed by atoms with E-state index < -0.39 is 10.0 Å². The molecule has 1 N–H and O–H groups in total. The number of nitrogens with one attached hydrogen (secondary N) is 1. The van der Waals surface area contributed by atoms with Crippen LogP contribution in [0, 0.1) is 0 Å². The molecule has 1 aliphatic rings. The van der Waals surface area contributed by atoms with E-state index in [0.29, 0.717) is 29.1 Å². The minimum atomic E-state index is -3.86. The van der Waals surface area contributed by atoms with Gasteiger partial charge in [0.25, 0.3) is 10.0 Å². The fraction of sp³-hybridized carbons (Fsp3) is 0.238. The Labute approximate surface area is 189 Å². The van der Waals surface area contributed by atoms with Crippen LogP contribution < -0.4 is 14.4 Å². The van der Waals surface area contributed by atoms with Crippen LogP contribution in [0.2, 0.25) is 0 Å². The van der Waals surface area contributed by atoms with Gasteiger partial charge in [-0.25, -0.2) is 8.42 Å². The van der Waals surface area contributed by atoms with Crippen LogP contribution in [-0.2, 0) is 14.8 Å². The van der Waals surface area contributed by atoms with Gasteiger partial charge in [-0.1, -0.05) is 28.1 Å². The second-order valence-corrected chi connectivity index (χ2v) is 9.42. The van der Waals surface area contributed by atoms with Crippen molar-refractivity contribution < 1.29 is 17.9 Å². The zero-order valence-electron chi connectivity index (χ0n) is 16.8. The second kappa shape index (κ2) is 9.21. The van der Waals surface area contributed by atoms with Gasteiger partial charge in [-0.05, 0) is 42.5 Å². The van der Waals surface area contributed by atoms with Gasteiger partial charge < -0.3 is 14.4 Å². The Morgan fingerprint density at radius 1 is 1.06 bits per heavy atom. The molecule has 0 unspecified atom stereocenters. The number of ether oxygens (including phenoxy) is 2. The number of aromatic nitrogens is 2. The van der Waals surface area contributed by atoms with Gasteiger partial charge in [-0.3, -0.25) is 4.72 Å². The van der Waals surface area contributed by atoms with Gasteiger partial charge in [-0.15, -0.1) is 10.2 Å². The predicted octanol–water partition coefficient (Wildman–Crippen LogP) is 3.55. The van der Waals surface area contributed by atoms with Gasteiger partial charge in [0.1, 0.15) is 10.6 Å². The molecular weight excluding hydrogens is 484 g/mol. The van der Waals surface area contributed by atoms with Crippen molar-refractivity contribution in [1.29, 1.82) is 0 Å². The lowest BCUT2D eigenvalue weighted by molar-refractivity contribution is 0.122. The second-order valence-electron chi connectivity index (χ2n) is 6.86. The van der Waals surface area contributed by atoms with Gasteiger partial charge in [-0.2, -0.15) is 0 Å². The van der Waals surface area contributed by atoms with Crippen LogP contribution in [0.4, 0.5) is 11.5 Å². The minimum Gasteiger partial charge on any atom is -0.495 e. The summed E-state index contributed by atoms with van der Waals surface area (Å²) in [6.07, 6.45) is 0. The van der Waals surface area contributed by atoms with Gasteiger partial charge in [0.2, 0.25) is 0 Å². The van der Waals surface area contributed by atoms with Crippen LogP contribution >= 0.6 is 15.9 Å².